The Morgan fingerprint density at radius 1 is 1.11 bits per heavy atom. The Kier molecular flexibility index (Phi) is 6.50. The maximum Gasteiger partial charge on any atom is 0.233 e. The number of rotatable bonds is 7. The number of pyridine rings is 1. The number of hydrogen-bond acceptors (Lipinski definition) is 8. The number of piperidine rings is 1. The van der Waals surface area contributed by atoms with E-state index in [1.165, 1.54) is 11.4 Å². The second kappa shape index (κ2) is 9.75. The number of nitrogens with zero attached hydrogens (tertiary/aromatic N) is 6. The van der Waals surface area contributed by atoms with Gasteiger partial charge in [-0.15, -0.1) is 0 Å². The number of aliphatic hydroxyl groups is 1. The molecular formula is C25H29N7O3S. The molecule has 0 aliphatic carbocycles. The third-order valence-electron chi connectivity index (χ3n) is 6.46. The lowest BCUT2D eigenvalue weighted by atomic mass is 10.1. The quantitative estimate of drug-likeness (QED) is 0.392. The van der Waals surface area contributed by atoms with Crippen molar-refractivity contribution in [2.75, 3.05) is 40.9 Å². The van der Waals surface area contributed by atoms with Crippen molar-refractivity contribution in [3.8, 4) is 0 Å². The molecule has 0 atom stereocenters. The summed E-state index contributed by atoms with van der Waals surface area (Å²) in [4.78, 5) is 15.7. The zero-order valence-electron chi connectivity index (χ0n) is 20.2. The van der Waals surface area contributed by atoms with Crippen LogP contribution >= 0.6 is 0 Å². The van der Waals surface area contributed by atoms with Gasteiger partial charge >= 0.3 is 0 Å². The molecule has 0 bridgehead atoms. The molecule has 1 aromatic carbocycles. The monoisotopic (exact) mass is 507 g/mol. The van der Waals surface area contributed by atoms with Crippen LogP contribution in [0.2, 0.25) is 0 Å². The van der Waals surface area contributed by atoms with Gasteiger partial charge in [0, 0.05) is 61.1 Å². The Bertz CT molecular complexity index is 1460. The highest BCUT2D eigenvalue weighted by molar-refractivity contribution is 7.92. The van der Waals surface area contributed by atoms with E-state index in [1.54, 1.807) is 18.5 Å². The van der Waals surface area contributed by atoms with Crippen LogP contribution in [0.25, 0.3) is 11.0 Å². The fraction of sp³-hybridized carbons (Fsp3) is 0.320. The fourth-order valence-corrected chi connectivity index (χ4v) is 4.82. The van der Waals surface area contributed by atoms with Gasteiger partial charge < -0.3 is 19.9 Å². The molecule has 188 valence electrons. The molecule has 1 aliphatic rings. The summed E-state index contributed by atoms with van der Waals surface area (Å²) in [5.41, 5.74) is 3.49. The molecule has 0 saturated carbocycles. The molecule has 4 heterocycles. The Balaban J connectivity index is 1.35. The second-order valence-corrected chi connectivity index (χ2v) is 11.0. The zero-order chi connectivity index (χ0) is 25.3. The zero-order valence-corrected chi connectivity index (χ0v) is 21.1. The van der Waals surface area contributed by atoms with Gasteiger partial charge in [-0.25, -0.2) is 18.4 Å². The lowest BCUT2D eigenvalue weighted by molar-refractivity contribution is 0.145. The van der Waals surface area contributed by atoms with E-state index in [0.29, 0.717) is 18.3 Å². The van der Waals surface area contributed by atoms with E-state index < -0.39 is 10.0 Å². The molecule has 11 heteroatoms. The van der Waals surface area contributed by atoms with Crippen LogP contribution in [0.5, 0.6) is 0 Å². The average Bonchev–Trinajstić information content (AvgIpc) is 3.26. The molecule has 0 radical (unpaired) electrons. The highest BCUT2D eigenvalue weighted by Crippen LogP contribution is 2.25. The molecule has 0 unspecified atom stereocenters. The lowest BCUT2D eigenvalue weighted by Gasteiger charge is -2.31. The number of hydrogen-bond donors (Lipinski definition) is 2. The molecule has 3 aromatic heterocycles. The molecule has 10 nitrogen and oxygen atoms in total. The van der Waals surface area contributed by atoms with Crippen LogP contribution in [-0.4, -0.2) is 65.5 Å². The van der Waals surface area contributed by atoms with Crippen LogP contribution in [0.3, 0.4) is 0 Å². The van der Waals surface area contributed by atoms with Gasteiger partial charge in [0.2, 0.25) is 16.0 Å². The molecule has 0 spiro atoms. The SMILES string of the molecule is CN(c1ncccc1Cn1ccc2cnc(Nc3ccc(N4CCC(O)CC4)cc3)nc21)S(C)(=O)=O. The van der Waals surface area contributed by atoms with Crippen molar-refractivity contribution in [2.24, 2.45) is 0 Å². The third kappa shape index (κ3) is 5.12. The van der Waals surface area contributed by atoms with Gasteiger partial charge in [0.05, 0.1) is 18.9 Å². The van der Waals surface area contributed by atoms with E-state index in [9.17, 15) is 13.5 Å². The molecular weight excluding hydrogens is 478 g/mol. The first-order valence-corrected chi connectivity index (χ1v) is 13.6. The van der Waals surface area contributed by atoms with Crippen LogP contribution in [-0.2, 0) is 16.6 Å². The number of anilines is 4. The van der Waals surface area contributed by atoms with Crippen LogP contribution in [0.4, 0.5) is 23.1 Å². The Hall–Kier alpha value is -3.70. The van der Waals surface area contributed by atoms with Crippen LogP contribution in [0.15, 0.2) is 61.1 Å². The summed E-state index contributed by atoms with van der Waals surface area (Å²) in [6.07, 6.45) is 7.80. The lowest BCUT2D eigenvalue weighted by Crippen LogP contribution is -2.35. The van der Waals surface area contributed by atoms with E-state index >= 15 is 0 Å². The molecule has 5 rings (SSSR count). The molecule has 1 aliphatic heterocycles. The maximum absolute atomic E-state index is 12.1. The van der Waals surface area contributed by atoms with Gasteiger partial charge in [-0.3, -0.25) is 4.31 Å². The summed E-state index contributed by atoms with van der Waals surface area (Å²) in [5, 5.41) is 13.9. The number of fused-ring (bicyclic) bond motifs is 1. The number of aromatic nitrogens is 4. The number of aliphatic hydroxyl groups excluding tert-OH is 1. The van der Waals surface area contributed by atoms with Gasteiger partial charge in [-0.05, 0) is 49.2 Å². The van der Waals surface area contributed by atoms with Crippen molar-refractivity contribution in [1.82, 2.24) is 19.5 Å². The molecule has 4 aromatic rings. The van der Waals surface area contributed by atoms with Crippen molar-refractivity contribution in [2.45, 2.75) is 25.5 Å². The van der Waals surface area contributed by atoms with Crippen molar-refractivity contribution in [3.63, 3.8) is 0 Å². The second-order valence-electron chi connectivity index (χ2n) is 9.02. The van der Waals surface area contributed by atoms with Crippen molar-refractivity contribution < 1.29 is 13.5 Å². The molecule has 1 saturated heterocycles. The largest absolute Gasteiger partial charge is 0.393 e. The van der Waals surface area contributed by atoms with E-state index in [0.717, 1.165) is 60.2 Å². The fourth-order valence-electron chi connectivity index (χ4n) is 4.35. The van der Waals surface area contributed by atoms with Crippen LogP contribution in [0, 0.1) is 0 Å². The molecule has 36 heavy (non-hydrogen) atoms. The molecule has 2 N–H and O–H groups in total. The van der Waals surface area contributed by atoms with Gasteiger partial charge in [0.15, 0.2) is 0 Å². The highest BCUT2D eigenvalue weighted by Gasteiger charge is 2.19. The first-order valence-electron chi connectivity index (χ1n) is 11.8. The van der Waals surface area contributed by atoms with Crippen molar-refractivity contribution in [3.05, 3.63) is 66.6 Å². The third-order valence-corrected chi connectivity index (χ3v) is 7.63. The average molecular weight is 508 g/mol. The minimum Gasteiger partial charge on any atom is -0.393 e. The first kappa shape index (κ1) is 24.0. The van der Waals surface area contributed by atoms with Gasteiger partial charge in [0.25, 0.3) is 0 Å². The minimum atomic E-state index is -3.44. The van der Waals surface area contributed by atoms with E-state index in [1.807, 2.05) is 35.0 Å². The van der Waals surface area contributed by atoms with Crippen LogP contribution in [0.1, 0.15) is 18.4 Å². The number of sulfonamides is 1. The summed E-state index contributed by atoms with van der Waals surface area (Å²) >= 11 is 0. The van der Waals surface area contributed by atoms with E-state index in [-0.39, 0.29) is 6.10 Å². The summed E-state index contributed by atoms with van der Waals surface area (Å²) < 4.78 is 27.3. The Labute approximate surface area is 210 Å². The predicted octanol–water partition coefficient (Wildman–Crippen LogP) is 2.98. The maximum atomic E-state index is 12.1. The summed E-state index contributed by atoms with van der Waals surface area (Å²) in [6, 6.07) is 13.7. The molecule has 1 fully saturated rings. The summed E-state index contributed by atoms with van der Waals surface area (Å²) in [7, 11) is -1.94. The Morgan fingerprint density at radius 3 is 2.58 bits per heavy atom. The minimum absolute atomic E-state index is 0.196. The molecule has 0 amide bonds. The highest BCUT2D eigenvalue weighted by atomic mass is 32.2. The Morgan fingerprint density at radius 2 is 1.86 bits per heavy atom. The van der Waals surface area contributed by atoms with E-state index in [2.05, 4.69) is 32.3 Å². The predicted molar refractivity (Wildman–Crippen MR) is 141 cm³/mol. The normalized spacial score (nSPS) is 14.8. The van der Waals surface area contributed by atoms with Crippen molar-refractivity contribution in [1.29, 1.82) is 0 Å². The number of benzene rings is 1. The van der Waals surface area contributed by atoms with Gasteiger partial charge in [-0.2, -0.15) is 4.98 Å². The summed E-state index contributed by atoms with van der Waals surface area (Å²) in [5.74, 6) is 0.855. The number of nitrogens with one attached hydrogen (secondary N) is 1. The first-order chi connectivity index (χ1) is 17.3. The smallest absolute Gasteiger partial charge is 0.233 e. The summed E-state index contributed by atoms with van der Waals surface area (Å²) in [6.45, 7) is 2.11. The van der Waals surface area contributed by atoms with Gasteiger partial charge in [-0.1, -0.05) is 6.07 Å². The van der Waals surface area contributed by atoms with Gasteiger partial charge in [0.1, 0.15) is 11.5 Å². The van der Waals surface area contributed by atoms with E-state index in [4.69, 9.17) is 4.98 Å². The topological polar surface area (TPSA) is 116 Å². The standard InChI is InChI=1S/C25H29N7O3S/c1-30(36(2,34)35)23-19(4-3-12-26-23)17-32-13-9-18-16-27-25(29-24(18)32)28-20-5-7-21(8-6-20)31-14-10-22(33)11-15-31/h3-9,12-13,16,22,33H,10-11,14-15,17H2,1-2H3,(H,27,28,29). The van der Waals surface area contributed by atoms with Crippen LogP contribution < -0.4 is 14.5 Å². The van der Waals surface area contributed by atoms with Crippen molar-refractivity contribution >= 4 is 44.2 Å².